The second kappa shape index (κ2) is 9.76. The molecule has 0 radical (unpaired) electrons. The predicted molar refractivity (Wildman–Crippen MR) is 126 cm³/mol. The number of para-hydroxylation sites is 2. The van der Waals surface area contributed by atoms with E-state index in [-0.39, 0.29) is 11.7 Å². The summed E-state index contributed by atoms with van der Waals surface area (Å²) in [4.78, 5) is 15.7. The second-order valence-electron chi connectivity index (χ2n) is 7.74. The molecule has 9 heteroatoms. The molecule has 1 aliphatic carbocycles. The molecule has 0 saturated heterocycles. The molecule has 0 unspecified atom stereocenters. The lowest BCUT2D eigenvalue weighted by Gasteiger charge is -2.39. The molecule has 0 spiro atoms. The zero-order valence-corrected chi connectivity index (χ0v) is 19.8. The Kier molecular flexibility index (Phi) is 6.82. The Morgan fingerprint density at radius 2 is 2.03 bits per heavy atom. The summed E-state index contributed by atoms with van der Waals surface area (Å²) in [6, 6.07) is 14.1. The van der Waals surface area contributed by atoms with Crippen molar-refractivity contribution in [3.8, 4) is 28.2 Å². The fourth-order valence-corrected chi connectivity index (χ4v) is 5.64. The third-order valence-corrected chi connectivity index (χ3v) is 7.71. The molecule has 4 rings (SSSR count). The van der Waals surface area contributed by atoms with Crippen LogP contribution in [0.4, 0.5) is 0 Å². The molecule has 2 aromatic heterocycles. The Labute approximate surface area is 196 Å². The lowest BCUT2D eigenvalue weighted by atomic mass is 9.81. The average Bonchev–Trinajstić information content (AvgIpc) is 3.52. The van der Waals surface area contributed by atoms with E-state index >= 15 is 0 Å². The number of thioether (sulfide) groups is 1. The highest BCUT2D eigenvalue weighted by atomic mass is 32.2. The molecule has 1 fully saturated rings. The van der Waals surface area contributed by atoms with Gasteiger partial charge in [-0.1, -0.05) is 49.2 Å². The minimum absolute atomic E-state index is 0.0781. The predicted octanol–water partition coefficient (Wildman–Crippen LogP) is 4.78. The zero-order valence-electron chi connectivity index (χ0n) is 18.2. The number of methoxy groups -OCH3 is 1. The van der Waals surface area contributed by atoms with Gasteiger partial charge in [-0.2, -0.15) is 5.26 Å². The molecule has 2 heterocycles. The first-order valence-corrected chi connectivity index (χ1v) is 12.4. The number of carbonyl (C=O) groups excluding carboxylic acids is 1. The molecule has 1 amide bonds. The number of nitriles is 1. The van der Waals surface area contributed by atoms with Crippen LogP contribution in [0.2, 0.25) is 0 Å². The van der Waals surface area contributed by atoms with E-state index in [9.17, 15) is 10.1 Å². The molecule has 0 bridgehead atoms. The molecule has 1 aliphatic rings. The van der Waals surface area contributed by atoms with Crippen LogP contribution in [0.5, 0.6) is 5.75 Å². The Morgan fingerprint density at radius 3 is 2.72 bits per heavy atom. The maximum absolute atomic E-state index is 13.1. The van der Waals surface area contributed by atoms with Crippen LogP contribution in [0.1, 0.15) is 32.1 Å². The molecule has 32 heavy (non-hydrogen) atoms. The lowest BCUT2D eigenvalue weighted by Crippen LogP contribution is -2.50. The SMILES string of the molecule is COc1ccccc1-n1c(SCC(=O)N(C)C2(C#N)CCCCC2)nnc1-c1cccs1. The van der Waals surface area contributed by atoms with Crippen LogP contribution >= 0.6 is 23.1 Å². The topological polar surface area (TPSA) is 84.0 Å². The van der Waals surface area contributed by atoms with Gasteiger partial charge >= 0.3 is 0 Å². The van der Waals surface area contributed by atoms with Crippen molar-refractivity contribution >= 4 is 29.0 Å². The van der Waals surface area contributed by atoms with Crippen LogP contribution in [0.15, 0.2) is 46.9 Å². The Bertz CT molecular complexity index is 1110. The second-order valence-corrected chi connectivity index (χ2v) is 9.63. The van der Waals surface area contributed by atoms with Crippen molar-refractivity contribution in [3.05, 3.63) is 41.8 Å². The zero-order chi connectivity index (χ0) is 22.6. The van der Waals surface area contributed by atoms with Crippen LogP contribution in [0.3, 0.4) is 0 Å². The molecule has 1 saturated carbocycles. The first-order valence-electron chi connectivity index (χ1n) is 10.5. The molecule has 166 valence electrons. The van der Waals surface area contributed by atoms with Crippen molar-refractivity contribution in [2.45, 2.75) is 42.8 Å². The Morgan fingerprint density at radius 1 is 1.25 bits per heavy atom. The van der Waals surface area contributed by atoms with E-state index in [1.165, 1.54) is 11.8 Å². The minimum Gasteiger partial charge on any atom is -0.495 e. The summed E-state index contributed by atoms with van der Waals surface area (Å²) in [7, 11) is 3.38. The summed E-state index contributed by atoms with van der Waals surface area (Å²) in [5, 5.41) is 21.2. The van der Waals surface area contributed by atoms with E-state index in [1.54, 1.807) is 30.4 Å². The Hall–Kier alpha value is -2.83. The fraction of sp³-hybridized carbons (Fsp3) is 0.391. The fourth-order valence-electron chi connectivity index (χ4n) is 4.08. The number of amides is 1. The number of nitrogens with zero attached hydrogens (tertiary/aromatic N) is 5. The van der Waals surface area contributed by atoms with Gasteiger partial charge in [0.05, 0.1) is 29.5 Å². The molecule has 0 N–H and O–H groups in total. The van der Waals surface area contributed by atoms with Gasteiger partial charge in [-0.05, 0) is 36.4 Å². The first-order chi connectivity index (χ1) is 15.6. The van der Waals surface area contributed by atoms with Crippen molar-refractivity contribution in [1.82, 2.24) is 19.7 Å². The van der Waals surface area contributed by atoms with Crippen molar-refractivity contribution in [2.24, 2.45) is 0 Å². The Balaban J connectivity index is 1.62. The van der Waals surface area contributed by atoms with E-state index in [4.69, 9.17) is 4.74 Å². The van der Waals surface area contributed by atoms with Gasteiger partial charge in [0.1, 0.15) is 11.3 Å². The number of carbonyl (C=O) groups is 1. The van der Waals surface area contributed by atoms with Crippen LogP contribution in [0, 0.1) is 11.3 Å². The van der Waals surface area contributed by atoms with E-state index in [0.29, 0.717) is 16.7 Å². The largest absolute Gasteiger partial charge is 0.495 e. The standard InChI is InChI=1S/C23H25N5O2S2/c1-27(23(16-24)12-6-3-7-13-23)20(29)15-32-22-26-25-21(19-11-8-14-31-19)28(22)17-9-4-5-10-18(17)30-2/h4-5,8-11,14H,3,6-7,12-13,15H2,1-2H3. The summed E-state index contributed by atoms with van der Waals surface area (Å²) in [6.45, 7) is 0. The third-order valence-electron chi connectivity index (χ3n) is 5.93. The molecular formula is C23H25N5O2S2. The van der Waals surface area contributed by atoms with Crippen LogP contribution in [0.25, 0.3) is 16.4 Å². The van der Waals surface area contributed by atoms with Crippen molar-refractivity contribution in [2.75, 3.05) is 19.9 Å². The van der Waals surface area contributed by atoms with Crippen molar-refractivity contribution in [3.63, 3.8) is 0 Å². The van der Waals surface area contributed by atoms with Crippen LogP contribution in [-0.4, -0.2) is 51.0 Å². The number of aromatic nitrogens is 3. The highest BCUT2D eigenvalue weighted by Gasteiger charge is 2.38. The number of benzene rings is 1. The molecular weight excluding hydrogens is 442 g/mol. The quantitative estimate of drug-likeness (QED) is 0.465. The number of hydrogen-bond donors (Lipinski definition) is 0. The van der Waals surface area contributed by atoms with Gasteiger partial charge in [0.15, 0.2) is 11.0 Å². The van der Waals surface area contributed by atoms with E-state index in [2.05, 4.69) is 16.3 Å². The van der Waals surface area contributed by atoms with E-state index in [0.717, 1.165) is 42.7 Å². The summed E-state index contributed by atoms with van der Waals surface area (Å²) in [5.41, 5.74) is 0.112. The minimum atomic E-state index is -0.700. The number of ether oxygens (including phenoxy) is 1. The van der Waals surface area contributed by atoms with E-state index in [1.807, 2.05) is 46.3 Å². The lowest BCUT2D eigenvalue weighted by molar-refractivity contribution is -0.131. The van der Waals surface area contributed by atoms with Crippen LogP contribution in [-0.2, 0) is 4.79 Å². The molecule has 0 aliphatic heterocycles. The number of rotatable bonds is 7. The van der Waals surface area contributed by atoms with Gasteiger partial charge in [-0.3, -0.25) is 9.36 Å². The summed E-state index contributed by atoms with van der Waals surface area (Å²) < 4.78 is 7.51. The van der Waals surface area contributed by atoms with Crippen molar-refractivity contribution < 1.29 is 9.53 Å². The van der Waals surface area contributed by atoms with Gasteiger partial charge < -0.3 is 9.64 Å². The monoisotopic (exact) mass is 467 g/mol. The van der Waals surface area contributed by atoms with Crippen LogP contribution < -0.4 is 4.74 Å². The summed E-state index contributed by atoms with van der Waals surface area (Å²) in [6.07, 6.45) is 4.54. The third kappa shape index (κ3) is 4.25. The molecule has 7 nitrogen and oxygen atoms in total. The normalized spacial score (nSPS) is 15.2. The van der Waals surface area contributed by atoms with Gasteiger partial charge in [0, 0.05) is 7.05 Å². The highest BCUT2D eigenvalue weighted by molar-refractivity contribution is 7.99. The first kappa shape index (κ1) is 22.4. The highest BCUT2D eigenvalue weighted by Crippen LogP contribution is 2.35. The molecule has 0 atom stereocenters. The maximum Gasteiger partial charge on any atom is 0.234 e. The van der Waals surface area contributed by atoms with Gasteiger partial charge in [0.2, 0.25) is 5.91 Å². The average molecular weight is 468 g/mol. The summed E-state index contributed by atoms with van der Waals surface area (Å²) in [5.74, 6) is 1.50. The van der Waals surface area contributed by atoms with Crippen molar-refractivity contribution in [1.29, 1.82) is 5.26 Å². The van der Waals surface area contributed by atoms with Gasteiger partial charge in [-0.15, -0.1) is 21.5 Å². The number of hydrogen-bond acceptors (Lipinski definition) is 7. The summed E-state index contributed by atoms with van der Waals surface area (Å²) >= 11 is 2.90. The maximum atomic E-state index is 13.1. The smallest absolute Gasteiger partial charge is 0.234 e. The molecule has 3 aromatic rings. The number of thiophene rings is 1. The van der Waals surface area contributed by atoms with Gasteiger partial charge in [0.25, 0.3) is 0 Å². The molecule has 1 aromatic carbocycles. The van der Waals surface area contributed by atoms with Gasteiger partial charge in [-0.25, -0.2) is 0 Å². The van der Waals surface area contributed by atoms with E-state index < -0.39 is 5.54 Å².